The highest BCUT2D eigenvalue weighted by atomic mass is 79.9. The number of rotatable bonds is 2. The molecule has 0 bridgehead atoms. The highest BCUT2D eigenvalue weighted by Crippen LogP contribution is 2.22. The van der Waals surface area contributed by atoms with Gasteiger partial charge in [-0.25, -0.2) is 9.37 Å². The van der Waals surface area contributed by atoms with E-state index < -0.39 is 0 Å². The minimum Gasteiger partial charge on any atom is -0.342 e. The summed E-state index contributed by atoms with van der Waals surface area (Å²) < 4.78 is 13.9. The minimum atomic E-state index is -0.279. The standard InChI is InChI=1S/C16H14BrFN2/c1-9-3-4-11(5-10(9)2)6-16-19-14-7-12(17)13(18)8-15(14)20-16/h3-5,7-8H,6H2,1-2H3,(H,19,20). The second-order valence-electron chi connectivity index (χ2n) is 5.06. The summed E-state index contributed by atoms with van der Waals surface area (Å²) >= 11 is 3.18. The molecule has 0 aliphatic rings. The van der Waals surface area contributed by atoms with Crippen molar-refractivity contribution in [2.45, 2.75) is 20.3 Å². The van der Waals surface area contributed by atoms with Crippen LogP contribution in [0.1, 0.15) is 22.5 Å². The van der Waals surface area contributed by atoms with Crippen molar-refractivity contribution in [2.24, 2.45) is 0 Å². The van der Waals surface area contributed by atoms with Crippen LogP contribution in [0.25, 0.3) is 11.0 Å². The van der Waals surface area contributed by atoms with E-state index in [2.05, 4.69) is 57.9 Å². The van der Waals surface area contributed by atoms with Gasteiger partial charge in [-0.05, 0) is 52.5 Å². The van der Waals surface area contributed by atoms with E-state index in [0.29, 0.717) is 4.47 Å². The lowest BCUT2D eigenvalue weighted by Gasteiger charge is -2.03. The quantitative estimate of drug-likeness (QED) is 0.725. The number of hydrogen-bond acceptors (Lipinski definition) is 1. The molecular formula is C16H14BrFN2. The fourth-order valence-electron chi connectivity index (χ4n) is 2.25. The van der Waals surface area contributed by atoms with Crippen LogP contribution >= 0.6 is 15.9 Å². The van der Waals surface area contributed by atoms with Gasteiger partial charge in [0.25, 0.3) is 0 Å². The molecule has 0 saturated heterocycles. The number of hydrogen-bond donors (Lipinski definition) is 1. The second kappa shape index (κ2) is 5.02. The Morgan fingerprint density at radius 1 is 1.15 bits per heavy atom. The van der Waals surface area contributed by atoms with E-state index in [-0.39, 0.29) is 5.82 Å². The molecule has 2 nitrogen and oxygen atoms in total. The number of nitrogens with one attached hydrogen (secondary N) is 1. The van der Waals surface area contributed by atoms with E-state index in [1.165, 1.54) is 22.8 Å². The fourth-order valence-corrected chi connectivity index (χ4v) is 2.58. The molecule has 0 fully saturated rings. The predicted octanol–water partition coefficient (Wildman–Crippen LogP) is 4.67. The second-order valence-corrected chi connectivity index (χ2v) is 5.92. The van der Waals surface area contributed by atoms with Crippen LogP contribution in [-0.4, -0.2) is 9.97 Å². The van der Waals surface area contributed by atoms with Gasteiger partial charge in [0.15, 0.2) is 0 Å². The van der Waals surface area contributed by atoms with Crippen molar-refractivity contribution < 1.29 is 4.39 Å². The van der Waals surface area contributed by atoms with Gasteiger partial charge in [-0.15, -0.1) is 0 Å². The van der Waals surface area contributed by atoms with Gasteiger partial charge in [0, 0.05) is 12.5 Å². The maximum absolute atomic E-state index is 13.5. The number of aromatic nitrogens is 2. The number of H-pyrrole nitrogens is 1. The van der Waals surface area contributed by atoms with Crippen LogP contribution in [0.5, 0.6) is 0 Å². The predicted molar refractivity (Wildman–Crippen MR) is 82.5 cm³/mol. The van der Waals surface area contributed by atoms with Gasteiger partial charge in [-0.1, -0.05) is 18.2 Å². The van der Waals surface area contributed by atoms with Crippen molar-refractivity contribution in [1.29, 1.82) is 0 Å². The Bertz CT molecular complexity index is 754. The van der Waals surface area contributed by atoms with Crippen molar-refractivity contribution in [1.82, 2.24) is 9.97 Å². The van der Waals surface area contributed by atoms with Crippen molar-refractivity contribution in [3.8, 4) is 0 Å². The molecule has 0 aliphatic heterocycles. The zero-order chi connectivity index (χ0) is 14.3. The minimum absolute atomic E-state index is 0.279. The molecule has 0 aliphatic carbocycles. The van der Waals surface area contributed by atoms with Gasteiger partial charge in [0.1, 0.15) is 11.6 Å². The molecule has 0 amide bonds. The third-order valence-corrected chi connectivity index (χ3v) is 4.12. The number of halogens is 2. The molecule has 0 saturated carbocycles. The van der Waals surface area contributed by atoms with Crippen LogP contribution < -0.4 is 0 Å². The monoisotopic (exact) mass is 332 g/mol. The first-order valence-electron chi connectivity index (χ1n) is 6.43. The third kappa shape index (κ3) is 2.48. The molecule has 3 aromatic rings. The first-order valence-corrected chi connectivity index (χ1v) is 7.22. The van der Waals surface area contributed by atoms with E-state index in [0.717, 1.165) is 23.3 Å². The fraction of sp³-hybridized carbons (Fsp3) is 0.188. The van der Waals surface area contributed by atoms with Gasteiger partial charge in [-0.2, -0.15) is 0 Å². The summed E-state index contributed by atoms with van der Waals surface area (Å²) in [4.78, 5) is 7.68. The molecular weight excluding hydrogens is 319 g/mol. The van der Waals surface area contributed by atoms with Gasteiger partial charge >= 0.3 is 0 Å². The van der Waals surface area contributed by atoms with Crippen LogP contribution in [0.2, 0.25) is 0 Å². The molecule has 3 rings (SSSR count). The molecule has 1 N–H and O–H groups in total. The number of benzene rings is 2. The Morgan fingerprint density at radius 3 is 2.70 bits per heavy atom. The lowest BCUT2D eigenvalue weighted by molar-refractivity contribution is 0.623. The van der Waals surface area contributed by atoms with Gasteiger partial charge in [0.05, 0.1) is 15.5 Å². The smallest absolute Gasteiger partial charge is 0.139 e. The Balaban J connectivity index is 1.96. The number of fused-ring (bicyclic) bond motifs is 1. The molecule has 0 spiro atoms. The summed E-state index contributed by atoms with van der Waals surface area (Å²) in [5, 5.41) is 0. The van der Waals surface area contributed by atoms with Crippen LogP contribution in [0.4, 0.5) is 4.39 Å². The summed E-state index contributed by atoms with van der Waals surface area (Å²) in [5.41, 5.74) is 5.25. The van der Waals surface area contributed by atoms with Crippen molar-refractivity contribution in [3.63, 3.8) is 0 Å². The summed E-state index contributed by atoms with van der Waals surface area (Å²) in [6, 6.07) is 9.55. The van der Waals surface area contributed by atoms with Gasteiger partial charge in [-0.3, -0.25) is 0 Å². The Labute approximate surface area is 125 Å². The SMILES string of the molecule is Cc1ccc(Cc2nc3cc(Br)c(F)cc3[nH]2)cc1C. The van der Waals surface area contributed by atoms with Crippen LogP contribution in [0.3, 0.4) is 0 Å². The average Bonchev–Trinajstić information content (AvgIpc) is 2.76. The third-order valence-electron chi connectivity index (χ3n) is 3.52. The molecule has 1 aromatic heterocycles. The maximum Gasteiger partial charge on any atom is 0.139 e. The zero-order valence-corrected chi connectivity index (χ0v) is 12.9. The highest BCUT2D eigenvalue weighted by Gasteiger charge is 2.08. The molecule has 20 heavy (non-hydrogen) atoms. The summed E-state index contributed by atoms with van der Waals surface area (Å²) in [6.45, 7) is 4.20. The summed E-state index contributed by atoms with van der Waals surface area (Å²) in [6.07, 6.45) is 0.717. The molecule has 0 unspecified atom stereocenters. The van der Waals surface area contributed by atoms with E-state index in [4.69, 9.17) is 0 Å². The van der Waals surface area contributed by atoms with Crippen molar-refractivity contribution in [2.75, 3.05) is 0 Å². The van der Waals surface area contributed by atoms with Crippen LogP contribution in [0, 0.1) is 19.7 Å². The Morgan fingerprint density at radius 2 is 1.95 bits per heavy atom. The summed E-state index contributed by atoms with van der Waals surface area (Å²) in [7, 11) is 0. The largest absolute Gasteiger partial charge is 0.342 e. The normalized spacial score (nSPS) is 11.2. The lowest BCUT2D eigenvalue weighted by Crippen LogP contribution is -1.92. The van der Waals surface area contributed by atoms with E-state index in [1.807, 2.05) is 0 Å². The zero-order valence-electron chi connectivity index (χ0n) is 11.3. The van der Waals surface area contributed by atoms with Crippen molar-refractivity contribution >= 4 is 27.0 Å². The highest BCUT2D eigenvalue weighted by molar-refractivity contribution is 9.10. The first-order chi connectivity index (χ1) is 9.52. The number of aryl methyl sites for hydroxylation is 2. The molecule has 0 atom stereocenters. The van der Waals surface area contributed by atoms with E-state index in [9.17, 15) is 4.39 Å². The average molecular weight is 333 g/mol. The molecule has 0 radical (unpaired) electrons. The van der Waals surface area contributed by atoms with E-state index in [1.54, 1.807) is 6.07 Å². The molecule has 2 aromatic carbocycles. The maximum atomic E-state index is 13.5. The summed E-state index contributed by atoms with van der Waals surface area (Å²) in [5.74, 6) is 0.569. The number of aromatic amines is 1. The molecule has 4 heteroatoms. The van der Waals surface area contributed by atoms with E-state index >= 15 is 0 Å². The van der Waals surface area contributed by atoms with Gasteiger partial charge in [0.2, 0.25) is 0 Å². The topological polar surface area (TPSA) is 28.7 Å². The molecule has 1 heterocycles. The lowest BCUT2D eigenvalue weighted by atomic mass is 10.0. The van der Waals surface area contributed by atoms with Crippen LogP contribution in [0.15, 0.2) is 34.8 Å². The Hall–Kier alpha value is -1.68. The Kier molecular flexibility index (Phi) is 3.34. The number of nitrogens with zero attached hydrogens (tertiary/aromatic N) is 1. The molecule has 102 valence electrons. The van der Waals surface area contributed by atoms with Crippen molar-refractivity contribution in [3.05, 3.63) is 63.1 Å². The first kappa shape index (κ1) is 13.3. The van der Waals surface area contributed by atoms with Crippen LogP contribution in [-0.2, 0) is 6.42 Å². The van der Waals surface area contributed by atoms with Gasteiger partial charge < -0.3 is 4.98 Å². The number of imidazole rings is 1.